The van der Waals surface area contributed by atoms with Gasteiger partial charge < -0.3 is 10.5 Å². The number of ether oxygens (including phenoxy) is 1. The number of rotatable bonds is 2. The summed E-state index contributed by atoms with van der Waals surface area (Å²) >= 11 is 0. The molecule has 2 heteroatoms. The minimum Gasteiger partial charge on any atom is -0.488 e. The van der Waals surface area contributed by atoms with Crippen molar-refractivity contribution in [1.29, 1.82) is 0 Å². The Hall–Kier alpha value is -1.02. The van der Waals surface area contributed by atoms with Crippen LogP contribution in [0.2, 0.25) is 0 Å². The van der Waals surface area contributed by atoms with Crippen molar-refractivity contribution in [2.45, 2.75) is 65.0 Å². The van der Waals surface area contributed by atoms with Crippen LogP contribution in [-0.4, -0.2) is 6.10 Å². The highest BCUT2D eigenvalue weighted by Crippen LogP contribution is 2.45. The fourth-order valence-corrected chi connectivity index (χ4v) is 2.76. The molecule has 0 aromatic heterocycles. The van der Waals surface area contributed by atoms with Crippen molar-refractivity contribution in [3.05, 3.63) is 28.8 Å². The lowest BCUT2D eigenvalue weighted by molar-refractivity contribution is 0.191. The van der Waals surface area contributed by atoms with Gasteiger partial charge in [-0.3, -0.25) is 0 Å². The Balaban J connectivity index is 2.49. The van der Waals surface area contributed by atoms with Crippen LogP contribution < -0.4 is 10.5 Å². The van der Waals surface area contributed by atoms with E-state index in [9.17, 15) is 0 Å². The summed E-state index contributed by atoms with van der Waals surface area (Å²) in [6.45, 7) is 11.0. The predicted octanol–water partition coefficient (Wildman–Crippen LogP) is 3.85. The maximum atomic E-state index is 6.36. The van der Waals surface area contributed by atoms with Crippen molar-refractivity contribution < 1.29 is 4.74 Å². The lowest BCUT2D eigenvalue weighted by Gasteiger charge is -2.23. The van der Waals surface area contributed by atoms with Crippen LogP contribution in [0.15, 0.2) is 12.1 Å². The maximum Gasteiger partial charge on any atom is 0.128 e. The molecule has 0 aliphatic carbocycles. The van der Waals surface area contributed by atoms with E-state index in [0.717, 1.165) is 18.6 Å². The van der Waals surface area contributed by atoms with Crippen molar-refractivity contribution in [3.63, 3.8) is 0 Å². The van der Waals surface area contributed by atoms with Gasteiger partial charge in [0, 0.05) is 5.56 Å². The molecular formula is C16H25NO. The summed E-state index contributed by atoms with van der Waals surface area (Å²) in [7, 11) is 0. The molecule has 0 spiro atoms. The number of nitrogens with two attached hydrogens (primary N) is 1. The quantitative estimate of drug-likeness (QED) is 0.861. The fraction of sp³-hybridized carbons (Fsp3) is 0.625. The molecule has 1 heterocycles. The van der Waals surface area contributed by atoms with Crippen LogP contribution in [0, 0.1) is 6.92 Å². The van der Waals surface area contributed by atoms with E-state index in [2.05, 4.69) is 46.8 Å². The molecule has 100 valence electrons. The smallest absolute Gasteiger partial charge is 0.128 e. The zero-order chi connectivity index (χ0) is 13.5. The van der Waals surface area contributed by atoms with E-state index in [1.54, 1.807) is 0 Å². The van der Waals surface area contributed by atoms with E-state index >= 15 is 0 Å². The highest BCUT2D eigenvalue weighted by molar-refractivity contribution is 5.53. The van der Waals surface area contributed by atoms with Crippen molar-refractivity contribution in [1.82, 2.24) is 0 Å². The van der Waals surface area contributed by atoms with Crippen molar-refractivity contribution >= 4 is 0 Å². The van der Waals surface area contributed by atoms with E-state index in [-0.39, 0.29) is 17.6 Å². The number of hydrogen-bond acceptors (Lipinski definition) is 2. The van der Waals surface area contributed by atoms with E-state index in [1.165, 1.54) is 16.7 Å². The molecule has 18 heavy (non-hydrogen) atoms. The van der Waals surface area contributed by atoms with Gasteiger partial charge in [0.25, 0.3) is 0 Å². The average Bonchev–Trinajstić information content (AvgIpc) is 2.56. The Labute approximate surface area is 111 Å². The Bertz CT molecular complexity index is 445. The van der Waals surface area contributed by atoms with Crippen LogP contribution in [0.5, 0.6) is 5.75 Å². The summed E-state index contributed by atoms with van der Waals surface area (Å²) in [6, 6.07) is 4.40. The van der Waals surface area contributed by atoms with Gasteiger partial charge in [0.1, 0.15) is 11.9 Å². The predicted molar refractivity (Wildman–Crippen MR) is 76.1 cm³/mol. The highest BCUT2D eigenvalue weighted by atomic mass is 16.5. The molecule has 1 aromatic carbocycles. The molecule has 0 saturated heterocycles. The Kier molecular flexibility index (Phi) is 3.41. The molecule has 0 saturated carbocycles. The molecule has 0 amide bonds. The second kappa shape index (κ2) is 4.58. The first-order valence-electron chi connectivity index (χ1n) is 6.92. The molecule has 2 atom stereocenters. The van der Waals surface area contributed by atoms with Crippen LogP contribution in [0.3, 0.4) is 0 Å². The normalized spacial score (nSPS) is 22.8. The van der Waals surface area contributed by atoms with Crippen LogP contribution in [0.4, 0.5) is 0 Å². The molecular weight excluding hydrogens is 222 g/mol. The third kappa shape index (κ3) is 2.14. The van der Waals surface area contributed by atoms with Crippen LogP contribution in [-0.2, 0) is 5.41 Å². The van der Waals surface area contributed by atoms with Crippen molar-refractivity contribution in [2.75, 3.05) is 0 Å². The van der Waals surface area contributed by atoms with E-state index in [4.69, 9.17) is 10.5 Å². The number of benzene rings is 1. The third-order valence-corrected chi connectivity index (χ3v) is 3.80. The van der Waals surface area contributed by atoms with E-state index in [1.807, 2.05) is 0 Å². The van der Waals surface area contributed by atoms with Gasteiger partial charge in [0.2, 0.25) is 0 Å². The van der Waals surface area contributed by atoms with Gasteiger partial charge in [0.05, 0.1) is 6.04 Å². The number of fused-ring (bicyclic) bond motifs is 1. The summed E-state index contributed by atoms with van der Waals surface area (Å²) in [5.41, 5.74) is 10.2. The fourth-order valence-electron chi connectivity index (χ4n) is 2.76. The topological polar surface area (TPSA) is 35.2 Å². The van der Waals surface area contributed by atoms with Gasteiger partial charge >= 0.3 is 0 Å². The molecule has 1 aliphatic heterocycles. The Morgan fingerprint density at radius 1 is 1.28 bits per heavy atom. The molecule has 0 radical (unpaired) electrons. The van der Waals surface area contributed by atoms with Crippen molar-refractivity contribution in [2.24, 2.45) is 5.73 Å². The summed E-state index contributed by atoms with van der Waals surface area (Å²) < 4.78 is 6.17. The Morgan fingerprint density at radius 2 is 1.94 bits per heavy atom. The van der Waals surface area contributed by atoms with Gasteiger partial charge in [-0.05, 0) is 29.9 Å². The van der Waals surface area contributed by atoms with Gasteiger partial charge in [0.15, 0.2) is 0 Å². The first-order valence-corrected chi connectivity index (χ1v) is 6.92. The van der Waals surface area contributed by atoms with Crippen LogP contribution in [0.1, 0.15) is 63.3 Å². The molecule has 1 aromatic rings. The Morgan fingerprint density at radius 3 is 2.50 bits per heavy atom. The molecule has 0 bridgehead atoms. The first-order chi connectivity index (χ1) is 8.36. The summed E-state index contributed by atoms with van der Waals surface area (Å²) in [6.07, 6.45) is 2.28. The molecule has 2 unspecified atom stereocenters. The van der Waals surface area contributed by atoms with E-state index in [0.29, 0.717) is 0 Å². The number of hydrogen-bond donors (Lipinski definition) is 1. The average molecular weight is 247 g/mol. The summed E-state index contributed by atoms with van der Waals surface area (Å²) in [5, 5.41) is 0. The van der Waals surface area contributed by atoms with E-state index < -0.39 is 0 Å². The zero-order valence-electron chi connectivity index (χ0n) is 12.2. The van der Waals surface area contributed by atoms with Crippen LogP contribution >= 0.6 is 0 Å². The minimum absolute atomic E-state index is 0.0299. The lowest BCUT2D eigenvalue weighted by Crippen LogP contribution is -2.25. The SMILES string of the molecule is CCCC1Oc2c(C(C)(C)C)ccc(C)c2C1N. The molecule has 1 aliphatic rings. The maximum absolute atomic E-state index is 6.36. The molecule has 2 rings (SSSR count). The zero-order valence-corrected chi connectivity index (χ0v) is 12.2. The lowest BCUT2D eigenvalue weighted by atomic mass is 9.83. The van der Waals surface area contributed by atoms with Gasteiger partial charge in [-0.2, -0.15) is 0 Å². The second-order valence-electron chi connectivity index (χ2n) is 6.39. The third-order valence-electron chi connectivity index (χ3n) is 3.80. The standard InChI is InChI=1S/C16H25NO/c1-6-7-12-14(17)13-10(2)8-9-11(15(13)18-12)16(3,4)5/h8-9,12,14H,6-7,17H2,1-5H3. The van der Waals surface area contributed by atoms with Gasteiger partial charge in [-0.15, -0.1) is 0 Å². The van der Waals surface area contributed by atoms with Gasteiger partial charge in [-0.25, -0.2) is 0 Å². The van der Waals surface area contributed by atoms with Crippen LogP contribution in [0.25, 0.3) is 0 Å². The second-order valence-corrected chi connectivity index (χ2v) is 6.39. The number of aryl methyl sites for hydroxylation is 1. The summed E-state index contributed by atoms with van der Waals surface area (Å²) in [4.78, 5) is 0. The highest BCUT2D eigenvalue weighted by Gasteiger charge is 2.36. The minimum atomic E-state index is 0.0299. The molecule has 0 fully saturated rings. The largest absolute Gasteiger partial charge is 0.488 e. The van der Waals surface area contributed by atoms with Gasteiger partial charge in [-0.1, -0.05) is 46.2 Å². The molecule has 2 nitrogen and oxygen atoms in total. The molecule has 2 N–H and O–H groups in total. The monoisotopic (exact) mass is 247 g/mol. The first kappa shape index (κ1) is 13.4. The summed E-state index contributed by atoms with van der Waals surface area (Å²) in [5.74, 6) is 1.05. The van der Waals surface area contributed by atoms with Crippen molar-refractivity contribution in [3.8, 4) is 5.75 Å².